The van der Waals surface area contributed by atoms with E-state index >= 15 is 0 Å². The van der Waals surface area contributed by atoms with Crippen molar-refractivity contribution in [2.75, 3.05) is 7.11 Å². The molecule has 0 radical (unpaired) electrons. The molecule has 82 valence electrons. The van der Waals surface area contributed by atoms with Crippen molar-refractivity contribution in [3.63, 3.8) is 0 Å². The third-order valence-electron chi connectivity index (χ3n) is 3.49. The van der Waals surface area contributed by atoms with Crippen molar-refractivity contribution < 1.29 is 9.53 Å². The van der Waals surface area contributed by atoms with Gasteiger partial charge in [-0.3, -0.25) is 4.79 Å². The monoisotopic (exact) mass is 198 g/mol. The Morgan fingerprint density at radius 3 is 2.00 bits per heavy atom. The molecule has 1 aliphatic rings. The van der Waals surface area contributed by atoms with Crippen LogP contribution < -0.4 is 0 Å². The van der Waals surface area contributed by atoms with Gasteiger partial charge in [0, 0.05) is 0 Å². The van der Waals surface area contributed by atoms with E-state index in [-0.39, 0.29) is 11.9 Å². The Labute approximate surface area is 87.0 Å². The van der Waals surface area contributed by atoms with E-state index in [0.717, 1.165) is 18.8 Å². The first-order chi connectivity index (χ1) is 6.45. The molecule has 0 aromatic rings. The molecule has 0 N–H and O–H groups in total. The molecule has 0 heterocycles. The van der Waals surface area contributed by atoms with E-state index in [2.05, 4.69) is 20.8 Å². The van der Waals surface area contributed by atoms with E-state index in [1.807, 2.05) is 0 Å². The number of hydrogen-bond donors (Lipinski definition) is 0. The van der Waals surface area contributed by atoms with Gasteiger partial charge < -0.3 is 4.74 Å². The maximum absolute atomic E-state index is 11.3. The molecule has 2 heteroatoms. The molecule has 1 saturated carbocycles. The topological polar surface area (TPSA) is 26.3 Å². The Morgan fingerprint density at radius 2 is 1.64 bits per heavy atom. The van der Waals surface area contributed by atoms with Crippen molar-refractivity contribution in [3.8, 4) is 0 Å². The van der Waals surface area contributed by atoms with Crippen LogP contribution in [-0.2, 0) is 9.53 Å². The zero-order valence-electron chi connectivity index (χ0n) is 9.80. The Bertz CT molecular complexity index is 195. The quantitative estimate of drug-likeness (QED) is 0.605. The average molecular weight is 198 g/mol. The Balaban J connectivity index is 2.43. The number of carbonyl (C=O) groups excluding carboxylic acids is 1. The van der Waals surface area contributed by atoms with E-state index < -0.39 is 0 Å². The molecule has 14 heavy (non-hydrogen) atoms. The van der Waals surface area contributed by atoms with Gasteiger partial charge in [-0.25, -0.2) is 0 Å². The van der Waals surface area contributed by atoms with Gasteiger partial charge in [-0.2, -0.15) is 0 Å². The number of methoxy groups -OCH3 is 1. The molecule has 0 aromatic heterocycles. The molecule has 0 bridgehead atoms. The lowest BCUT2D eigenvalue weighted by atomic mass is 9.70. The summed E-state index contributed by atoms with van der Waals surface area (Å²) < 4.78 is 4.77. The van der Waals surface area contributed by atoms with Crippen LogP contribution in [0.2, 0.25) is 0 Å². The summed E-state index contributed by atoms with van der Waals surface area (Å²) in [5.74, 6) is 0.916. The summed E-state index contributed by atoms with van der Waals surface area (Å²) in [7, 11) is 1.48. The van der Waals surface area contributed by atoms with Gasteiger partial charge in [0.15, 0.2) is 0 Å². The zero-order valence-corrected chi connectivity index (χ0v) is 9.80. The Kier molecular flexibility index (Phi) is 3.57. The van der Waals surface area contributed by atoms with Crippen LogP contribution in [0.25, 0.3) is 0 Å². The second kappa shape index (κ2) is 4.33. The molecular weight excluding hydrogens is 176 g/mol. The van der Waals surface area contributed by atoms with Gasteiger partial charge in [-0.15, -0.1) is 0 Å². The molecule has 1 aliphatic carbocycles. The first-order valence-corrected chi connectivity index (χ1v) is 5.53. The summed E-state index contributed by atoms with van der Waals surface area (Å²) in [5, 5.41) is 0. The lowest BCUT2D eigenvalue weighted by Crippen LogP contribution is -2.29. The van der Waals surface area contributed by atoms with Crippen molar-refractivity contribution in [3.05, 3.63) is 0 Å². The number of ether oxygens (including phenoxy) is 1. The summed E-state index contributed by atoms with van der Waals surface area (Å²) in [6.07, 6.45) is 4.36. The maximum Gasteiger partial charge on any atom is 0.308 e. The predicted molar refractivity (Wildman–Crippen MR) is 56.9 cm³/mol. The van der Waals surface area contributed by atoms with E-state index in [1.165, 1.54) is 20.0 Å². The van der Waals surface area contributed by atoms with Crippen LogP contribution in [0.4, 0.5) is 0 Å². The maximum atomic E-state index is 11.3. The first kappa shape index (κ1) is 11.5. The van der Waals surface area contributed by atoms with Gasteiger partial charge in [0.25, 0.3) is 0 Å². The summed E-state index contributed by atoms with van der Waals surface area (Å²) >= 11 is 0. The van der Waals surface area contributed by atoms with Crippen molar-refractivity contribution in [1.29, 1.82) is 0 Å². The van der Waals surface area contributed by atoms with Crippen molar-refractivity contribution >= 4 is 5.97 Å². The fraction of sp³-hybridized carbons (Fsp3) is 0.917. The highest BCUT2D eigenvalue weighted by atomic mass is 16.5. The van der Waals surface area contributed by atoms with Gasteiger partial charge in [0.2, 0.25) is 0 Å². The lowest BCUT2D eigenvalue weighted by molar-refractivity contribution is -0.147. The molecular formula is C12H22O2. The van der Waals surface area contributed by atoms with E-state index in [1.54, 1.807) is 0 Å². The summed E-state index contributed by atoms with van der Waals surface area (Å²) in [4.78, 5) is 11.3. The van der Waals surface area contributed by atoms with Crippen LogP contribution in [-0.4, -0.2) is 13.1 Å². The van der Waals surface area contributed by atoms with E-state index in [9.17, 15) is 4.79 Å². The Morgan fingerprint density at radius 1 is 1.14 bits per heavy atom. The molecule has 0 aromatic carbocycles. The van der Waals surface area contributed by atoms with Crippen molar-refractivity contribution in [2.45, 2.75) is 46.5 Å². The van der Waals surface area contributed by atoms with E-state index in [0.29, 0.717) is 5.41 Å². The molecule has 0 spiro atoms. The minimum absolute atomic E-state index is 0.0163. The highest BCUT2D eigenvalue weighted by Crippen LogP contribution is 2.39. The first-order valence-electron chi connectivity index (χ1n) is 5.53. The molecule has 0 aliphatic heterocycles. The number of hydrogen-bond acceptors (Lipinski definition) is 2. The molecule has 1 rings (SSSR count). The van der Waals surface area contributed by atoms with Gasteiger partial charge in [0.1, 0.15) is 0 Å². The molecule has 2 nitrogen and oxygen atoms in total. The van der Waals surface area contributed by atoms with Crippen LogP contribution in [0.1, 0.15) is 46.5 Å². The van der Waals surface area contributed by atoms with Crippen LogP contribution >= 0.6 is 0 Å². The number of rotatable bonds is 1. The van der Waals surface area contributed by atoms with Crippen LogP contribution in [0.5, 0.6) is 0 Å². The highest BCUT2D eigenvalue weighted by Gasteiger charge is 2.32. The van der Waals surface area contributed by atoms with Crippen molar-refractivity contribution in [2.24, 2.45) is 17.3 Å². The molecule has 1 fully saturated rings. The fourth-order valence-electron chi connectivity index (χ4n) is 2.36. The summed E-state index contributed by atoms with van der Waals surface area (Å²) in [6, 6.07) is 0. The smallest absolute Gasteiger partial charge is 0.308 e. The summed E-state index contributed by atoms with van der Waals surface area (Å²) in [5.41, 5.74) is 0.390. The second-order valence-corrected chi connectivity index (χ2v) is 5.44. The number of carbonyl (C=O) groups is 1. The molecule has 0 atom stereocenters. The largest absolute Gasteiger partial charge is 0.469 e. The fourth-order valence-corrected chi connectivity index (χ4v) is 2.36. The van der Waals surface area contributed by atoms with Crippen molar-refractivity contribution in [1.82, 2.24) is 0 Å². The van der Waals surface area contributed by atoms with Gasteiger partial charge in [-0.05, 0) is 37.0 Å². The normalized spacial score (nSPS) is 28.6. The predicted octanol–water partition coefficient (Wildman–Crippen LogP) is 3.01. The Hall–Kier alpha value is -0.530. The average Bonchev–Trinajstić information content (AvgIpc) is 2.15. The van der Waals surface area contributed by atoms with E-state index in [4.69, 9.17) is 4.74 Å². The lowest BCUT2D eigenvalue weighted by Gasteiger charge is -2.36. The van der Waals surface area contributed by atoms with Gasteiger partial charge in [-0.1, -0.05) is 20.8 Å². The zero-order chi connectivity index (χ0) is 10.8. The minimum Gasteiger partial charge on any atom is -0.469 e. The molecule has 0 unspecified atom stereocenters. The summed E-state index contributed by atoms with van der Waals surface area (Å²) in [6.45, 7) is 6.86. The standard InChI is InChI=1S/C12H22O2/c1-12(2,3)10-7-5-9(6-8-10)11(13)14-4/h9-10H,5-8H2,1-4H3/t9-,10+. The van der Waals surface area contributed by atoms with Gasteiger partial charge >= 0.3 is 5.97 Å². The van der Waals surface area contributed by atoms with Crippen LogP contribution in [0.15, 0.2) is 0 Å². The number of esters is 1. The third-order valence-corrected chi connectivity index (χ3v) is 3.49. The third kappa shape index (κ3) is 2.73. The molecule has 0 amide bonds. The molecule has 0 saturated heterocycles. The SMILES string of the molecule is COC(=O)[C@H]1CC[C@@H](C(C)(C)C)CC1. The minimum atomic E-state index is -0.0163. The van der Waals surface area contributed by atoms with Gasteiger partial charge in [0.05, 0.1) is 13.0 Å². The second-order valence-electron chi connectivity index (χ2n) is 5.44. The highest BCUT2D eigenvalue weighted by molar-refractivity contribution is 5.72. The van der Waals surface area contributed by atoms with Crippen LogP contribution in [0, 0.1) is 17.3 Å². The van der Waals surface area contributed by atoms with Crippen LogP contribution in [0.3, 0.4) is 0 Å².